The van der Waals surface area contributed by atoms with Gasteiger partial charge in [0.15, 0.2) is 0 Å². The van der Waals surface area contributed by atoms with E-state index in [0.29, 0.717) is 26.4 Å². The maximum Gasteiger partial charge on any atom is 0.230 e. The van der Waals surface area contributed by atoms with Crippen molar-refractivity contribution in [1.29, 1.82) is 0 Å². The van der Waals surface area contributed by atoms with Gasteiger partial charge in [-0.1, -0.05) is 15.9 Å². The summed E-state index contributed by atoms with van der Waals surface area (Å²) in [4.78, 5) is 12.4. The number of benzene rings is 1. The van der Waals surface area contributed by atoms with Crippen LogP contribution in [0.2, 0.25) is 0 Å². The predicted octanol–water partition coefficient (Wildman–Crippen LogP) is 1.36. The second-order valence-electron chi connectivity index (χ2n) is 5.87. The number of rotatable bonds is 3. The number of nitrogens with two attached hydrogens (primary N) is 1. The Balaban J connectivity index is 1.72. The quantitative estimate of drug-likeness (QED) is 0.859. The van der Waals surface area contributed by atoms with Crippen molar-refractivity contribution in [3.8, 4) is 5.75 Å². The molecule has 2 atom stereocenters. The Labute approximate surface area is 132 Å². The molecule has 0 spiro atoms. The Morgan fingerprint density at radius 3 is 3.10 bits per heavy atom. The average Bonchev–Trinajstić information content (AvgIpc) is 3.04. The second kappa shape index (κ2) is 5.59. The molecule has 2 aliphatic rings. The highest BCUT2D eigenvalue weighted by atomic mass is 79.9. The molecule has 0 saturated carbocycles. The Hall–Kier alpha value is -1.11. The summed E-state index contributed by atoms with van der Waals surface area (Å²) in [6, 6.07) is 3.79. The lowest BCUT2D eigenvalue weighted by Crippen LogP contribution is -2.49. The number of hydrogen-bond acceptors (Lipinski definition) is 4. The van der Waals surface area contributed by atoms with Gasteiger partial charge in [-0.15, -0.1) is 0 Å². The number of halogens is 1. The summed E-state index contributed by atoms with van der Waals surface area (Å²) in [6.45, 7) is 3.78. The summed E-state index contributed by atoms with van der Waals surface area (Å²) < 4.78 is 12.0. The Morgan fingerprint density at radius 1 is 1.57 bits per heavy atom. The fourth-order valence-corrected chi connectivity index (χ4v) is 3.33. The van der Waals surface area contributed by atoms with Crippen LogP contribution in [0.25, 0.3) is 0 Å². The van der Waals surface area contributed by atoms with Gasteiger partial charge in [-0.05, 0) is 24.6 Å². The molecule has 2 aliphatic heterocycles. The van der Waals surface area contributed by atoms with Crippen LogP contribution in [0, 0.1) is 5.41 Å². The minimum atomic E-state index is -0.657. The number of nitrogens with one attached hydrogen (secondary N) is 1. The molecule has 1 saturated heterocycles. The van der Waals surface area contributed by atoms with Crippen molar-refractivity contribution < 1.29 is 14.3 Å². The molecular formula is C15H19BrN2O3. The molecule has 0 radical (unpaired) electrons. The number of hydrogen-bond donors (Lipinski definition) is 2. The van der Waals surface area contributed by atoms with Gasteiger partial charge in [-0.3, -0.25) is 4.79 Å². The van der Waals surface area contributed by atoms with Crippen molar-refractivity contribution in [2.75, 3.05) is 19.8 Å². The molecule has 6 heteroatoms. The SMILES string of the molecule is CC1(C(=O)NCc2cc(Br)cc3c2OCC3)COCC1N. The molecule has 0 bridgehead atoms. The Morgan fingerprint density at radius 2 is 2.38 bits per heavy atom. The van der Waals surface area contributed by atoms with E-state index in [2.05, 4.69) is 27.3 Å². The van der Waals surface area contributed by atoms with E-state index in [-0.39, 0.29) is 11.9 Å². The van der Waals surface area contributed by atoms with Crippen LogP contribution in [0.4, 0.5) is 0 Å². The van der Waals surface area contributed by atoms with Gasteiger partial charge in [0.25, 0.3) is 0 Å². The van der Waals surface area contributed by atoms with E-state index in [1.54, 1.807) is 0 Å². The molecule has 1 fully saturated rings. The van der Waals surface area contributed by atoms with Crippen LogP contribution in [0.1, 0.15) is 18.1 Å². The van der Waals surface area contributed by atoms with Gasteiger partial charge in [0, 0.05) is 29.0 Å². The van der Waals surface area contributed by atoms with Crippen molar-refractivity contribution in [1.82, 2.24) is 5.32 Å². The monoisotopic (exact) mass is 354 g/mol. The average molecular weight is 355 g/mol. The summed E-state index contributed by atoms with van der Waals surface area (Å²) in [5.74, 6) is 0.829. The van der Waals surface area contributed by atoms with Gasteiger partial charge in [-0.2, -0.15) is 0 Å². The van der Waals surface area contributed by atoms with Crippen molar-refractivity contribution >= 4 is 21.8 Å². The third-order valence-electron chi connectivity index (χ3n) is 4.30. The van der Waals surface area contributed by atoms with Gasteiger partial charge < -0.3 is 20.5 Å². The minimum absolute atomic E-state index is 0.0702. The molecule has 1 aromatic carbocycles. The number of carbonyl (C=O) groups excluding carboxylic acids is 1. The van der Waals surface area contributed by atoms with E-state index >= 15 is 0 Å². The van der Waals surface area contributed by atoms with Crippen molar-refractivity contribution in [3.05, 3.63) is 27.7 Å². The van der Waals surface area contributed by atoms with E-state index in [1.807, 2.05) is 13.0 Å². The van der Waals surface area contributed by atoms with Gasteiger partial charge >= 0.3 is 0 Å². The van der Waals surface area contributed by atoms with Gasteiger partial charge in [-0.25, -0.2) is 0 Å². The maximum atomic E-state index is 12.4. The highest BCUT2D eigenvalue weighted by molar-refractivity contribution is 9.10. The number of amides is 1. The molecule has 114 valence electrons. The highest BCUT2D eigenvalue weighted by Crippen LogP contribution is 2.33. The summed E-state index contributed by atoms with van der Waals surface area (Å²) in [7, 11) is 0. The van der Waals surface area contributed by atoms with Crippen molar-refractivity contribution in [2.24, 2.45) is 11.1 Å². The molecule has 3 N–H and O–H groups in total. The fraction of sp³-hybridized carbons (Fsp3) is 0.533. The minimum Gasteiger partial charge on any atom is -0.493 e. The standard InChI is InChI=1S/C15H19BrN2O3/c1-15(8-20-7-12(15)17)14(19)18-6-10-5-11(16)4-9-2-3-21-13(9)10/h4-5,12H,2-3,6-8,17H2,1H3,(H,18,19). The molecule has 0 aliphatic carbocycles. The van der Waals surface area contributed by atoms with Crippen molar-refractivity contribution in [2.45, 2.75) is 25.9 Å². The number of carbonyl (C=O) groups is 1. The molecular weight excluding hydrogens is 336 g/mol. The molecule has 21 heavy (non-hydrogen) atoms. The van der Waals surface area contributed by atoms with Gasteiger partial charge in [0.05, 0.1) is 25.2 Å². The van der Waals surface area contributed by atoms with E-state index in [4.69, 9.17) is 15.2 Å². The van der Waals surface area contributed by atoms with Gasteiger partial charge in [0.1, 0.15) is 5.75 Å². The zero-order valence-electron chi connectivity index (χ0n) is 11.9. The van der Waals surface area contributed by atoms with E-state index in [0.717, 1.165) is 22.2 Å². The van der Waals surface area contributed by atoms with E-state index < -0.39 is 5.41 Å². The lowest BCUT2D eigenvalue weighted by atomic mass is 9.85. The smallest absolute Gasteiger partial charge is 0.230 e. The third kappa shape index (κ3) is 2.67. The number of ether oxygens (including phenoxy) is 2. The molecule has 0 aromatic heterocycles. The summed E-state index contributed by atoms with van der Waals surface area (Å²) in [5, 5.41) is 2.97. The molecule has 5 nitrogen and oxygen atoms in total. The zero-order valence-corrected chi connectivity index (χ0v) is 13.5. The van der Waals surface area contributed by atoms with Crippen molar-refractivity contribution in [3.63, 3.8) is 0 Å². The lowest BCUT2D eigenvalue weighted by Gasteiger charge is -2.25. The first-order valence-electron chi connectivity index (χ1n) is 7.06. The van der Waals surface area contributed by atoms with Crippen LogP contribution >= 0.6 is 15.9 Å². The zero-order chi connectivity index (χ0) is 15.0. The van der Waals surface area contributed by atoms with Crippen LogP contribution in [-0.2, 0) is 22.5 Å². The maximum absolute atomic E-state index is 12.4. The van der Waals surface area contributed by atoms with Crippen LogP contribution in [0.3, 0.4) is 0 Å². The predicted molar refractivity (Wildman–Crippen MR) is 82.1 cm³/mol. The van der Waals surface area contributed by atoms with Crippen LogP contribution in [0.5, 0.6) is 5.75 Å². The molecule has 1 aromatic rings. The Kier molecular flexibility index (Phi) is 3.94. The normalized spacial score (nSPS) is 27.3. The van der Waals surface area contributed by atoms with E-state index in [9.17, 15) is 4.79 Å². The summed E-state index contributed by atoms with van der Waals surface area (Å²) in [5.41, 5.74) is 7.49. The highest BCUT2D eigenvalue weighted by Gasteiger charge is 2.44. The summed E-state index contributed by atoms with van der Waals surface area (Å²) >= 11 is 3.50. The van der Waals surface area contributed by atoms with Crippen LogP contribution < -0.4 is 15.8 Å². The van der Waals surface area contributed by atoms with Crippen LogP contribution in [0.15, 0.2) is 16.6 Å². The number of fused-ring (bicyclic) bond motifs is 1. The first-order valence-corrected chi connectivity index (χ1v) is 7.86. The largest absolute Gasteiger partial charge is 0.493 e. The summed E-state index contributed by atoms with van der Waals surface area (Å²) in [6.07, 6.45) is 0.909. The second-order valence-corrected chi connectivity index (χ2v) is 6.79. The lowest BCUT2D eigenvalue weighted by molar-refractivity contribution is -0.130. The van der Waals surface area contributed by atoms with E-state index in [1.165, 1.54) is 5.56 Å². The Bertz CT molecular complexity index is 578. The third-order valence-corrected chi connectivity index (χ3v) is 4.76. The van der Waals surface area contributed by atoms with Crippen LogP contribution in [-0.4, -0.2) is 31.8 Å². The topological polar surface area (TPSA) is 73.6 Å². The molecule has 1 amide bonds. The molecule has 3 rings (SSSR count). The first kappa shape index (κ1) is 14.8. The van der Waals surface area contributed by atoms with Gasteiger partial charge in [0.2, 0.25) is 5.91 Å². The fourth-order valence-electron chi connectivity index (χ4n) is 2.78. The first-order chi connectivity index (χ1) is 10.0. The molecule has 2 unspecified atom stereocenters. The molecule has 2 heterocycles.